The van der Waals surface area contributed by atoms with Crippen LogP contribution in [-0.2, 0) is 0 Å². The molecule has 3 aromatic carbocycles. The van der Waals surface area contributed by atoms with Crippen LogP contribution in [-0.4, -0.2) is 34.1 Å². The molecule has 0 aliphatic rings. The van der Waals surface area contributed by atoms with Gasteiger partial charge in [0.05, 0.1) is 40.2 Å². The zero-order valence-corrected chi connectivity index (χ0v) is 21.0. The largest absolute Gasteiger partial charge is 0.496 e. The summed E-state index contributed by atoms with van der Waals surface area (Å²) >= 11 is 6.28. The van der Waals surface area contributed by atoms with Crippen LogP contribution in [0.4, 0.5) is 0 Å². The summed E-state index contributed by atoms with van der Waals surface area (Å²) in [5.41, 5.74) is 1.14. The summed E-state index contributed by atoms with van der Waals surface area (Å²) in [5.74, 6) is 0.705. The normalized spacial score (nSPS) is 11.5. The highest BCUT2D eigenvalue weighted by molar-refractivity contribution is 6.33. The Hall–Kier alpha value is -5.15. The van der Waals surface area contributed by atoms with Crippen LogP contribution in [0.15, 0.2) is 97.6 Å². The molecule has 0 saturated carbocycles. The lowest BCUT2D eigenvalue weighted by Crippen LogP contribution is -2.20. The van der Waals surface area contributed by atoms with Crippen molar-refractivity contribution in [3.8, 4) is 28.7 Å². The summed E-state index contributed by atoms with van der Waals surface area (Å²) in [6.07, 6.45) is 1.36. The second-order valence-corrected chi connectivity index (χ2v) is 8.91. The highest BCUT2D eigenvalue weighted by Crippen LogP contribution is 2.33. The van der Waals surface area contributed by atoms with E-state index in [0.717, 1.165) is 10.1 Å². The average molecular weight is 540 g/mol. The maximum atomic E-state index is 13.5. The molecule has 0 radical (unpaired) electrons. The molecule has 6 rings (SSSR count). The number of aromatic nitrogens is 2. The Morgan fingerprint density at radius 2 is 1.85 bits per heavy atom. The fourth-order valence-corrected chi connectivity index (χ4v) is 4.45. The summed E-state index contributed by atoms with van der Waals surface area (Å²) in [7, 11) is 1.57. The number of ether oxygens (including phenoxy) is 1. The highest BCUT2D eigenvalue weighted by atomic mass is 35.5. The number of halogens is 1. The third-order valence-electron chi connectivity index (χ3n) is 6.12. The van der Waals surface area contributed by atoms with Crippen LogP contribution >= 0.6 is 11.6 Å². The SMILES string of the molecule is COc1cccc2oc(-c3nc4ccccc4c(=O)n3N=Cc3ccc(-c4cc(C(=O)O)ccc4Cl)o3)cc12. The van der Waals surface area contributed by atoms with Crippen molar-refractivity contribution in [3.05, 3.63) is 106 Å². The molecular weight excluding hydrogens is 522 g/mol. The molecule has 6 aromatic rings. The van der Waals surface area contributed by atoms with Crippen LogP contribution in [0.3, 0.4) is 0 Å². The molecule has 3 aromatic heterocycles. The van der Waals surface area contributed by atoms with E-state index in [1.165, 1.54) is 24.4 Å². The lowest BCUT2D eigenvalue weighted by atomic mass is 10.1. The van der Waals surface area contributed by atoms with Crippen molar-refractivity contribution >= 4 is 45.7 Å². The van der Waals surface area contributed by atoms with E-state index in [1.54, 1.807) is 61.7 Å². The van der Waals surface area contributed by atoms with Crippen molar-refractivity contribution in [2.24, 2.45) is 5.10 Å². The van der Waals surface area contributed by atoms with Gasteiger partial charge in [-0.05, 0) is 60.7 Å². The van der Waals surface area contributed by atoms with E-state index < -0.39 is 11.5 Å². The van der Waals surface area contributed by atoms with E-state index in [2.05, 4.69) is 10.1 Å². The molecule has 3 heterocycles. The molecule has 0 atom stereocenters. The third kappa shape index (κ3) is 4.34. The van der Waals surface area contributed by atoms with E-state index in [4.69, 9.17) is 25.2 Å². The topological polar surface area (TPSA) is 120 Å². The first kappa shape index (κ1) is 24.2. The minimum Gasteiger partial charge on any atom is -0.496 e. The Bertz CT molecular complexity index is 1980. The van der Waals surface area contributed by atoms with E-state index in [1.807, 2.05) is 6.07 Å². The van der Waals surface area contributed by atoms with E-state index in [9.17, 15) is 14.7 Å². The maximum absolute atomic E-state index is 13.5. The van der Waals surface area contributed by atoms with Gasteiger partial charge in [-0.2, -0.15) is 9.78 Å². The van der Waals surface area contributed by atoms with Gasteiger partial charge in [0, 0.05) is 5.56 Å². The Balaban J connectivity index is 1.46. The molecule has 39 heavy (non-hydrogen) atoms. The highest BCUT2D eigenvalue weighted by Gasteiger charge is 2.18. The number of hydrogen-bond acceptors (Lipinski definition) is 7. The predicted molar refractivity (Wildman–Crippen MR) is 147 cm³/mol. The number of carbonyl (C=O) groups is 1. The molecule has 0 fully saturated rings. The summed E-state index contributed by atoms with van der Waals surface area (Å²) in [4.78, 5) is 29.5. The molecule has 1 N–H and O–H groups in total. The first-order valence-corrected chi connectivity index (χ1v) is 12.1. The number of methoxy groups -OCH3 is 1. The summed E-state index contributed by atoms with van der Waals surface area (Å²) in [6.45, 7) is 0. The van der Waals surface area contributed by atoms with Crippen LogP contribution in [0, 0.1) is 0 Å². The Labute approximate surface area is 225 Å². The van der Waals surface area contributed by atoms with Gasteiger partial charge in [-0.3, -0.25) is 4.79 Å². The van der Waals surface area contributed by atoms with Crippen LogP contribution < -0.4 is 10.3 Å². The second-order valence-electron chi connectivity index (χ2n) is 8.50. The summed E-state index contributed by atoms with van der Waals surface area (Å²) < 4.78 is 18.5. The summed E-state index contributed by atoms with van der Waals surface area (Å²) in [6, 6.07) is 21.7. The van der Waals surface area contributed by atoms with Crippen molar-refractivity contribution in [3.63, 3.8) is 0 Å². The molecule has 192 valence electrons. The molecule has 0 aliphatic heterocycles. The molecule has 0 bridgehead atoms. The second kappa shape index (κ2) is 9.62. The van der Waals surface area contributed by atoms with E-state index in [-0.39, 0.29) is 11.4 Å². The average Bonchev–Trinajstić information content (AvgIpc) is 3.60. The van der Waals surface area contributed by atoms with Crippen molar-refractivity contribution in [1.82, 2.24) is 9.66 Å². The quantitative estimate of drug-likeness (QED) is 0.246. The fraction of sp³-hybridized carbons (Fsp3) is 0.0345. The minimum absolute atomic E-state index is 0.0712. The number of benzene rings is 3. The van der Waals surface area contributed by atoms with Crippen molar-refractivity contribution in [1.29, 1.82) is 0 Å². The number of carboxylic acid groups (broad SMARTS) is 1. The third-order valence-corrected chi connectivity index (χ3v) is 6.45. The zero-order chi connectivity index (χ0) is 27.1. The molecule has 0 spiro atoms. The molecule has 0 saturated heterocycles. The molecule has 0 amide bonds. The number of para-hydroxylation sites is 1. The first-order valence-electron chi connectivity index (χ1n) is 11.7. The van der Waals surface area contributed by atoms with Crippen LogP contribution in [0.25, 0.3) is 44.8 Å². The molecule has 0 unspecified atom stereocenters. The van der Waals surface area contributed by atoms with Gasteiger partial charge in [0.25, 0.3) is 5.56 Å². The van der Waals surface area contributed by atoms with E-state index >= 15 is 0 Å². The van der Waals surface area contributed by atoms with Gasteiger partial charge in [0.2, 0.25) is 5.82 Å². The van der Waals surface area contributed by atoms with Gasteiger partial charge in [-0.15, -0.1) is 0 Å². The Kier molecular flexibility index (Phi) is 5.97. The van der Waals surface area contributed by atoms with Crippen LogP contribution in [0.5, 0.6) is 5.75 Å². The standard InChI is InChI=1S/C29H18ClN3O6/c1-37-23-7-4-8-24-20(23)14-26(39-24)27-32-22-6-3-2-5-18(22)28(34)33(27)31-15-17-10-12-25(38-17)19-13-16(29(35)36)9-11-21(19)30/h2-15H,1H3,(H,35,36). The lowest BCUT2D eigenvalue weighted by molar-refractivity contribution is 0.0697. The smallest absolute Gasteiger partial charge is 0.335 e. The van der Waals surface area contributed by atoms with Crippen molar-refractivity contribution in [2.75, 3.05) is 7.11 Å². The van der Waals surface area contributed by atoms with Crippen molar-refractivity contribution in [2.45, 2.75) is 0 Å². The molecule has 9 nitrogen and oxygen atoms in total. The number of furan rings is 2. The number of rotatable bonds is 6. The van der Waals surface area contributed by atoms with Gasteiger partial charge in [0.1, 0.15) is 22.9 Å². The fourth-order valence-electron chi connectivity index (χ4n) is 4.24. The molecule has 0 aliphatic carbocycles. The summed E-state index contributed by atoms with van der Waals surface area (Å²) in [5, 5.41) is 15.1. The molecule has 10 heteroatoms. The van der Waals surface area contributed by atoms with E-state index in [0.29, 0.717) is 50.1 Å². The van der Waals surface area contributed by atoms with Crippen LogP contribution in [0.2, 0.25) is 5.02 Å². The number of carboxylic acids is 1. The monoisotopic (exact) mass is 539 g/mol. The maximum Gasteiger partial charge on any atom is 0.335 e. The Morgan fingerprint density at radius 3 is 2.67 bits per heavy atom. The van der Waals surface area contributed by atoms with Gasteiger partial charge in [-0.1, -0.05) is 29.8 Å². The van der Waals surface area contributed by atoms with Crippen molar-refractivity contribution < 1.29 is 23.5 Å². The first-order chi connectivity index (χ1) is 18.9. The minimum atomic E-state index is -1.08. The lowest BCUT2D eigenvalue weighted by Gasteiger charge is -2.07. The van der Waals surface area contributed by atoms with Gasteiger partial charge in [-0.25, -0.2) is 9.78 Å². The number of hydrogen-bond donors (Lipinski definition) is 1. The van der Waals surface area contributed by atoms with Gasteiger partial charge in [0.15, 0.2) is 5.76 Å². The number of nitrogens with zero attached hydrogens (tertiary/aromatic N) is 3. The zero-order valence-electron chi connectivity index (χ0n) is 20.3. The Morgan fingerprint density at radius 1 is 1.00 bits per heavy atom. The van der Waals surface area contributed by atoms with Gasteiger partial charge >= 0.3 is 5.97 Å². The number of aromatic carboxylic acids is 1. The van der Waals surface area contributed by atoms with Crippen LogP contribution in [0.1, 0.15) is 16.1 Å². The van der Waals surface area contributed by atoms with Gasteiger partial charge < -0.3 is 18.7 Å². The molecular formula is C29H18ClN3O6. The number of fused-ring (bicyclic) bond motifs is 2. The predicted octanol–water partition coefficient (Wildman–Crippen LogP) is 6.31.